The number of benzene rings is 1. The molecule has 0 aliphatic heterocycles. The summed E-state index contributed by atoms with van der Waals surface area (Å²) in [6.45, 7) is 0. The third-order valence-corrected chi connectivity index (χ3v) is 2.88. The van der Waals surface area contributed by atoms with Crippen LogP contribution in [0.15, 0.2) is 28.9 Å². The first kappa shape index (κ1) is 10.3. The molecule has 1 aromatic carbocycles. The molecular formula is C9H4BrClN2O2. The van der Waals surface area contributed by atoms with Crippen LogP contribution in [0.1, 0.15) is 0 Å². The van der Waals surface area contributed by atoms with Gasteiger partial charge in [0.2, 0.25) is 0 Å². The van der Waals surface area contributed by atoms with E-state index < -0.39 is 4.92 Å². The van der Waals surface area contributed by atoms with E-state index in [0.717, 1.165) is 0 Å². The molecule has 0 atom stereocenters. The van der Waals surface area contributed by atoms with Crippen LogP contribution in [0.25, 0.3) is 10.9 Å². The maximum atomic E-state index is 10.7. The molecule has 0 bridgehead atoms. The average molecular weight is 288 g/mol. The van der Waals surface area contributed by atoms with Crippen molar-refractivity contribution in [3.63, 3.8) is 0 Å². The van der Waals surface area contributed by atoms with Gasteiger partial charge in [0, 0.05) is 5.39 Å². The van der Waals surface area contributed by atoms with Crippen LogP contribution in [-0.4, -0.2) is 9.91 Å². The van der Waals surface area contributed by atoms with Crippen LogP contribution in [0.4, 0.5) is 5.69 Å². The lowest BCUT2D eigenvalue weighted by Gasteiger charge is -2.02. The number of fused-ring (bicyclic) bond motifs is 1. The Kier molecular flexibility index (Phi) is 2.58. The van der Waals surface area contributed by atoms with E-state index in [9.17, 15) is 10.1 Å². The number of hydrogen-bond acceptors (Lipinski definition) is 3. The Morgan fingerprint density at radius 3 is 2.73 bits per heavy atom. The summed E-state index contributed by atoms with van der Waals surface area (Å²) in [4.78, 5) is 14.2. The van der Waals surface area contributed by atoms with Gasteiger partial charge in [0.15, 0.2) is 4.60 Å². The van der Waals surface area contributed by atoms with E-state index in [1.54, 1.807) is 24.3 Å². The molecule has 4 nitrogen and oxygen atoms in total. The summed E-state index contributed by atoms with van der Waals surface area (Å²) in [5.74, 6) is 0. The van der Waals surface area contributed by atoms with Gasteiger partial charge in [0.05, 0.1) is 10.4 Å². The summed E-state index contributed by atoms with van der Waals surface area (Å²) >= 11 is 8.96. The highest BCUT2D eigenvalue weighted by atomic mass is 79.9. The topological polar surface area (TPSA) is 56.0 Å². The van der Waals surface area contributed by atoms with Crippen LogP contribution in [0.3, 0.4) is 0 Å². The van der Waals surface area contributed by atoms with Crippen molar-refractivity contribution in [3.05, 3.63) is 44.0 Å². The van der Waals surface area contributed by atoms with Crippen LogP contribution in [-0.2, 0) is 0 Å². The van der Waals surface area contributed by atoms with Gasteiger partial charge in [0.1, 0.15) is 5.02 Å². The van der Waals surface area contributed by atoms with Gasteiger partial charge in [-0.25, -0.2) is 4.98 Å². The molecule has 2 aromatic rings. The maximum absolute atomic E-state index is 10.7. The summed E-state index contributed by atoms with van der Waals surface area (Å²) in [6, 6.07) is 7.00. The van der Waals surface area contributed by atoms with Crippen LogP contribution in [0, 0.1) is 10.1 Å². The molecule has 1 heterocycles. The fourth-order valence-electron chi connectivity index (χ4n) is 1.29. The second kappa shape index (κ2) is 3.75. The molecular weight excluding hydrogens is 283 g/mol. The molecule has 0 aliphatic carbocycles. The van der Waals surface area contributed by atoms with Crippen LogP contribution < -0.4 is 0 Å². The quantitative estimate of drug-likeness (QED) is 0.458. The van der Waals surface area contributed by atoms with E-state index in [1.807, 2.05) is 0 Å². The molecule has 6 heteroatoms. The van der Waals surface area contributed by atoms with Crippen molar-refractivity contribution >= 4 is 44.1 Å². The summed E-state index contributed by atoms with van der Waals surface area (Å²) in [5, 5.41) is 11.4. The van der Waals surface area contributed by atoms with Crippen LogP contribution in [0.5, 0.6) is 0 Å². The summed E-state index contributed by atoms with van der Waals surface area (Å²) in [6.07, 6.45) is 0. The fourth-order valence-corrected chi connectivity index (χ4v) is 2.26. The zero-order chi connectivity index (χ0) is 11.0. The van der Waals surface area contributed by atoms with Gasteiger partial charge < -0.3 is 0 Å². The number of hydrogen-bond donors (Lipinski definition) is 0. The smallest absolute Gasteiger partial charge is 0.258 e. The number of pyridine rings is 1. The molecule has 0 spiro atoms. The molecule has 0 amide bonds. The highest BCUT2D eigenvalue weighted by Crippen LogP contribution is 2.36. The van der Waals surface area contributed by atoms with Crippen molar-refractivity contribution < 1.29 is 4.92 Å². The number of nitro groups is 1. The van der Waals surface area contributed by atoms with Gasteiger partial charge in [-0.15, -0.1) is 0 Å². The Hall–Kier alpha value is -1.20. The highest BCUT2D eigenvalue weighted by molar-refractivity contribution is 9.10. The molecule has 0 saturated heterocycles. The minimum atomic E-state index is -0.550. The molecule has 0 aliphatic rings. The van der Waals surface area contributed by atoms with E-state index in [2.05, 4.69) is 20.9 Å². The second-order valence-electron chi connectivity index (χ2n) is 2.84. The molecule has 0 saturated carbocycles. The molecule has 0 fully saturated rings. The Morgan fingerprint density at radius 1 is 1.40 bits per heavy atom. The number of para-hydroxylation sites is 1. The zero-order valence-electron chi connectivity index (χ0n) is 7.28. The standard InChI is InChI=1S/C9H4BrClN2O2/c10-9-8(13(14)15)7(11)5-3-1-2-4-6(5)12-9/h1-4H. The third-order valence-electron chi connectivity index (χ3n) is 1.95. The number of nitrogens with zero attached hydrogens (tertiary/aromatic N) is 2. The van der Waals surface area contributed by atoms with E-state index in [0.29, 0.717) is 10.9 Å². The summed E-state index contributed by atoms with van der Waals surface area (Å²) < 4.78 is 0.149. The van der Waals surface area contributed by atoms with E-state index in [1.165, 1.54) is 0 Å². The van der Waals surface area contributed by atoms with Gasteiger partial charge in [-0.3, -0.25) is 10.1 Å². The van der Waals surface area contributed by atoms with Gasteiger partial charge in [-0.2, -0.15) is 0 Å². The first-order valence-electron chi connectivity index (χ1n) is 3.99. The van der Waals surface area contributed by atoms with Crippen molar-refractivity contribution in [2.45, 2.75) is 0 Å². The Morgan fingerprint density at radius 2 is 2.07 bits per heavy atom. The van der Waals surface area contributed by atoms with E-state index in [4.69, 9.17) is 11.6 Å². The number of aromatic nitrogens is 1. The number of rotatable bonds is 1. The maximum Gasteiger partial charge on any atom is 0.321 e. The van der Waals surface area contributed by atoms with Gasteiger partial charge in [-0.05, 0) is 22.0 Å². The lowest BCUT2D eigenvalue weighted by atomic mass is 10.2. The van der Waals surface area contributed by atoms with Crippen molar-refractivity contribution in [3.8, 4) is 0 Å². The van der Waals surface area contributed by atoms with Crippen molar-refractivity contribution in [2.75, 3.05) is 0 Å². The molecule has 0 unspecified atom stereocenters. The Labute approximate surface area is 98.2 Å². The molecule has 2 rings (SSSR count). The Balaban J connectivity index is 2.90. The van der Waals surface area contributed by atoms with Gasteiger partial charge in [0.25, 0.3) is 0 Å². The first-order chi connectivity index (χ1) is 7.11. The lowest BCUT2D eigenvalue weighted by Crippen LogP contribution is -1.94. The monoisotopic (exact) mass is 286 g/mol. The average Bonchev–Trinajstić information content (AvgIpc) is 2.17. The first-order valence-corrected chi connectivity index (χ1v) is 5.16. The van der Waals surface area contributed by atoms with E-state index >= 15 is 0 Å². The van der Waals surface area contributed by atoms with Crippen LogP contribution in [0.2, 0.25) is 5.02 Å². The summed E-state index contributed by atoms with van der Waals surface area (Å²) in [7, 11) is 0. The predicted octanol–water partition coefficient (Wildman–Crippen LogP) is 3.56. The van der Waals surface area contributed by atoms with Gasteiger partial charge in [-0.1, -0.05) is 29.8 Å². The third kappa shape index (κ3) is 1.68. The zero-order valence-corrected chi connectivity index (χ0v) is 9.62. The van der Waals surface area contributed by atoms with Crippen molar-refractivity contribution in [1.29, 1.82) is 0 Å². The minimum absolute atomic E-state index is 0.109. The van der Waals surface area contributed by atoms with E-state index in [-0.39, 0.29) is 15.3 Å². The molecule has 0 radical (unpaired) electrons. The Bertz CT molecular complexity index is 559. The van der Waals surface area contributed by atoms with Crippen molar-refractivity contribution in [2.24, 2.45) is 0 Å². The number of halogens is 2. The largest absolute Gasteiger partial charge is 0.321 e. The second-order valence-corrected chi connectivity index (χ2v) is 3.97. The minimum Gasteiger partial charge on any atom is -0.258 e. The summed E-state index contributed by atoms with van der Waals surface area (Å²) in [5.41, 5.74) is 0.426. The molecule has 0 N–H and O–H groups in total. The van der Waals surface area contributed by atoms with Crippen LogP contribution >= 0.6 is 27.5 Å². The van der Waals surface area contributed by atoms with Crippen molar-refractivity contribution in [1.82, 2.24) is 4.98 Å². The SMILES string of the molecule is O=[N+]([O-])c1c(Br)nc2ccccc2c1Cl. The predicted molar refractivity (Wildman–Crippen MR) is 61.1 cm³/mol. The molecule has 15 heavy (non-hydrogen) atoms. The lowest BCUT2D eigenvalue weighted by molar-refractivity contribution is -0.385. The normalized spacial score (nSPS) is 10.5. The fraction of sp³-hybridized carbons (Fsp3) is 0. The molecule has 76 valence electrons. The van der Waals surface area contributed by atoms with Gasteiger partial charge >= 0.3 is 5.69 Å². The highest BCUT2D eigenvalue weighted by Gasteiger charge is 2.21. The molecule has 1 aromatic heterocycles.